The molecule has 0 saturated heterocycles. The summed E-state index contributed by atoms with van der Waals surface area (Å²) >= 11 is 0. The number of anilines is 1. The van der Waals surface area contributed by atoms with Crippen molar-refractivity contribution >= 4 is 38.3 Å². The van der Waals surface area contributed by atoms with Crippen LogP contribution in [0.4, 0.5) is 5.69 Å². The molecule has 0 saturated carbocycles. The number of carbonyl (C=O) groups excluding carboxylic acids is 2. The predicted octanol–water partition coefficient (Wildman–Crippen LogP) is 3.30. The van der Waals surface area contributed by atoms with Crippen LogP contribution in [0.2, 0.25) is 0 Å². The molecular weight excluding hydrogens is 466 g/mol. The summed E-state index contributed by atoms with van der Waals surface area (Å²) in [5, 5.41) is 4.18. The maximum atomic E-state index is 13.3. The first-order valence-electron chi connectivity index (χ1n) is 11.5. The summed E-state index contributed by atoms with van der Waals surface area (Å²) in [6.07, 6.45) is 0.418. The summed E-state index contributed by atoms with van der Waals surface area (Å²) in [5.41, 5.74) is 1.47. The van der Waals surface area contributed by atoms with Gasteiger partial charge in [0.15, 0.2) is 0 Å². The average molecular weight is 496 g/mol. The molecule has 4 rings (SSSR count). The zero-order valence-corrected chi connectivity index (χ0v) is 20.8. The zero-order valence-electron chi connectivity index (χ0n) is 20.0. The summed E-state index contributed by atoms with van der Waals surface area (Å²) in [5.74, 6) is 0.164. The zero-order chi connectivity index (χ0) is 25.2. The van der Waals surface area contributed by atoms with E-state index in [4.69, 9.17) is 4.74 Å². The number of methoxy groups -OCH3 is 1. The highest BCUT2D eigenvalue weighted by molar-refractivity contribution is 7.93. The van der Waals surface area contributed by atoms with Gasteiger partial charge in [0.05, 0.1) is 17.7 Å². The van der Waals surface area contributed by atoms with Gasteiger partial charge in [0.1, 0.15) is 11.8 Å². The molecule has 0 radical (unpaired) electrons. The van der Waals surface area contributed by atoms with Crippen molar-refractivity contribution in [1.29, 1.82) is 0 Å². The smallest absolute Gasteiger partial charge is 0.265 e. The van der Waals surface area contributed by atoms with Crippen LogP contribution in [0.3, 0.4) is 0 Å². The van der Waals surface area contributed by atoms with Gasteiger partial charge in [0.2, 0.25) is 11.8 Å². The van der Waals surface area contributed by atoms with Gasteiger partial charge in [-0.1, -0.05) is 36.4 Å². The maximum Gasteiger partial charge on any atom is 0.265 e. The van der Waals surface area contributed by atoms with E-state index in [9.17, 15) is 18.0 Å². The highest BCUT2D eigenvalue weighted by Gasteiger charge is 2.35. The van der Waals surface area contributed by atoms with Crippen molar-refractivity contribution in [2.24, 2.45) is 0 Å². The monoisotopic (exact) mass is 495 g/mol. The summed E-state index contributed by atoms with van der Waals surface area (Å²) in [6.45, 7) is 2.08. The molecule has 0 spiro atoms. The van der Waals surface area contributed by atoms with Crippen molar-refractivity contribution in [2.75, 3.05) is 25.0 Å². The van der Waals surface area contributed by atoms with Gasteiger partial charge in [0, 0.05) is 31.9 Å². The Morgan fingerprint density at radius 3 is 2.51 bits per heavy atom. The minimum Gasteiger partial charge on any atom is -0.497 e. The van der Waals surface area contributed by atoms with E-state index in [1.807, 2.05) is 42.5 Å². The van der Waals surface area contributed by atoms with Crippen LogP contribution >= 0.6 is 0 Å². The third-order valence-corrected chi connectivity index (χ3v) is 8.19. The standard InChI is InChI=1S/C26H29N3O5S/c1-18(26(31)27-2)28(17-19-8-4-11-21(16-19)34-3)24(30)14-7-15-29-22-12-5-9-20-10-6-13-23(25(20)22)35(29,32)33/h4-6,8-13,16,18H,7,14-15,17H2,1-3H3,(H,27,31)/t18-/m1/s1. The lowest BCUT2D eigenvalue weighted by Gasteiger charge is -2.29. The minimum absolute atomic E-state index is 0.101. The van der Waals surface area contributed by atoms with Crippen LogP contribution in [0.25, 0.3) is 10.8 Å². The Bertz CT molecular complexity index is 1370. The van der Waals surface area contributed by atoms with Gasteiger partial charge < -0.3 is 15.0 Å². The van der Waals surface area contributed by atoms with Crippen LogP contribution in [-0.4, -0.2) is 51.9 Å². The molecule has 0 bridgehead atoms. The predicted molar refractivity (Wildman–Crippen MR) is 135 cm³/mol. The third kappa shape index (κ3) is 4.68. The van der Waals surface area contributed by atoms with Crippen LogP contribution in [0.15, 0.2) is 65.6 Å². The fourth-order valence-electron chi connectivity index (χ4n) is 4.48. The maximum absolute atomic E-state index is 13.3. The second kappa shape index (κ2) is 9.95. The Morgan fingerprint density at radius 1 is 1.09 bits per heavy atom. The van der Waals surface area contributed by atoms with E-state index in [0.717, 1.165) is 10.9 Å². The molecule has 0 unspecified atom stereocenters. The fourth-order valence-corrected chi connectivity index (χ4v) is 6.22. The van der Waals surface area contributed by atoms with Crippen LogP contribution in [-0.2, 0) is 26.2 Å². The van der Waals surface area contributed by atoms with Crippen LogP contribution in [0.1, 0.15) is 25.3 Å². The normalized spacial score (nSPS) is 14.5. The third-order valence-electron chi connectivity index (χ3n) is 6.33. The molecule has 1 atom stereocenters. The number of hydrogen-bond acceptors (Lipinski definition) is 5. The van der Waals surface area contributed by atoms with Gasteiger partial charge in [-0.25, -0.2) is 8.42 Å². The van der Waals surface area contributed by atoms with E-state index < -0.39 is 16.1 Å². The molecule has 1 heterocycles. The van der Waals surface area contributed by atoms with Crippen LogP contribution < -0.4 is 14.4 Å². The van der Waals surface area contributed by atoms with Crippen LogP contribution in [0.5, 0.6) is 5.75 Å². The van der Waals surface area contributed by atoms with Gasteiger partial charge >= 0.3 is 0 Å². The molecule has 2 amide bonds. The second-order valence-electron chi connectivity index (χ2n) is 8.48. The number of nitrogens with one attached hydrogen (secondary N) is 1. The van der Waals surface area contributed by atoms with Crippen molar-refractivity contribution in [3.8, 4) is 5.75 Å². The van der Waals surface area contributed by atoms with E-state index in [0.29, 0.717) is 28.1 Å². The highest BCUT2D eigenvalue weighted by atomic mass is 32.2. The number of likely N-dealkylation sites (N-methyl/N-ethyl adjacent to an activating group) is 1. The molecule has 1 aliphatic rings. The quantitative estimate of drug-likeness (QED) is 0.491. The molecule has 0 aromatic heterocycles. The first-order chi connectivity index (χ1) is 16.8. The first kappa shape index (κ1) is 24.5. The highest BCUT2D eigenvalue weighted by Crippen LogP contribution is 2.42. The lowest BCUT2D eigenvalue weighted by Crippen LogP contribution is -2.46. The molecule has 8 nitrogen and oxygen atoms in total. The molecule has 1 aliphatic heterocycles. The number of benzene rings is 3. The van der Waals surface area contributed by atoms with Gasteiger partial charge in [-0.2, -0.15) is 0 Å². The lowest BCUT2D eigenvalue weighted by atomic mass is 10.1. The largest absolute Gasteiger partial charge is 0.497 e. The SMILES string of the molecule is CNC(=O)[C@@H](C)N(Cc1cccc(OC)c1)C(=O)CCCN1c2cccc3cccc(c23)S1(=O)=O. The fraction of sp³-hybridized carbons (Fsp3) is 0.308. The van der Waals surface area contributed by atoms with Crippen molar-refractivity contribution in [1.82, 2.24) is 10.2 Å². The van der Waals surface area contributed by atoms with Gasteiger partial charge in [-0.3, -0.25) is 13.9 Å². The van der Waals surface area contributed by atoms with Gasteiger partial charge in [-0.05, 0) is 48.6 Å². The number of rotatable bonds is 9. The molecule has 3 aromatic carbocycles. The van der Waals surface area contributed by atoms with E-state index in [1.54, 1.807) is 32.2 Å². The molecular formula is C26H29N3O5S. The van der Waals surface area contributed by atoms with E-state index in [2.05, 4.69) is 5.32 Å². The number of hydrogen-bond donors (Lipinski definition) is 1. The Hall–Kier alpha value is -3.59. The van der Waals surface area contributed by atoms with Crippen LogP contribution in [0, 0.1) is 0 Å². The number of sulfonamides is 1. The molecule has 9 heteroatoms. The summed E-state index contributed by atoms with van der Waals surface area (Å²) in [4.78, 5) is 27.4. The van der Waals surface area contributed by atoms with E-state index >= 15 is 0 Å². The second-order valence-corrected chi connectivity index (χ2v) is 10.3. The van der Waals surface area contributed by atoms with Crippen molar-refractivity contribution in [3.05, 3.63) is 66.2 Å². The van der Waals surface area contributed by atoms with E-state index in [-0.39, 0.29) is 31.3 Å². The van der Waals surface area contributed by atoms with E-state index in [1.165, 1.54) is 16.3 Å². The lowest BCUT2D eigenvalue weighted by molar-refractivity contribution is -0.140. The molecule has 0 fully saturated rings. The summed E-state index contributed by atoms with van der Waals surface area (Å²) in [6, 6.07) is 17.4. The van der Waals surface area contributed by atoms with Gasteiger partial charge in [0.25, 0.3) is 10.0 Å². The van der Waals surface area contributed by atoms with Crippen molar-refractivity contribution < 1.29 is 22.7 Å². The van der Waals surface area contributed by atoms with Gasteiger partial charge in [-0.15, -0.1) is 0 Å². The summed E-state index contributed by atoms with van der Waals surface area (Å²) < 4.78 is 33.0. The topological polar surface area (TPSA) is 96.0 Å². The number of amides is 2. The minimum atomic E-state index is -3.68. The Balaban J connectivity index is 1.50. The first-order valence-corrected chi connectivity index (χ1v) is 12.9. The molecule has 35 heavy (non-hydrogen) atoms. The summed E-state index contributed by atoms with van der Waals surface area (Å²) in [7, 11) is -0.575. The van der Waals surface area contributed by atoms with Crippen molar-refractivity contribution in [3.63, 3.8) is 0 Å². The molecule has 1 N–H and O–H groups in total. The van der Waals surface area contributed by atoms with Crippen molar-refractivity contribution in [2.45, 2.75) is 37.2 Å². The Morgan fingerprint density at radius 2 is 1.80 bits per heavy atom. The number of ether oxygens (including phenoxy) is 1. The Kier molecular flexibility index (Phi) is 6.98. The number of nitrogens with zero attached hydrogens (tertiary/aromatic N) is 2. The molecule has 3 aromatic rings. The number of carbonyl (C=O) groups is 2. The average Bonchev–Trinajstić information content (AvgIpc) is 3.09. The molecule has 0 aliphatic carbocycles. The Labute approximate surface area is 205 Å². The molecule has 184 valence electrons.